The van der Waals surface area contributed by atoms with Gasteiger partial charge in [0.25, 0.3) is 0 Å². The molecule has 0 atom stereocenters. The van der Waals surface area contributed by atoms with E-state index < -0.39 is 4.25 Å². The summed E-state index contributed by atoms with van der Waals surface area (Å²) in [6, 6.07) is 0. The summed E-state index contributed by atoms with van der Waals surface area (Å²) in [6.45, 7) is 9.41. The summed E-state index contributed by atoms with van der Waals surface area (Å²) in [5.41, 5.74) is 0. The zero-order valence-electron chi connectivity index (χ0n) is 17.6. The van der Waals surface area contributed by atoms with Crippen LogP contribution in [0.3, 0.4) is 0 Å². The Hall–Kier alpha value is 1.16. The van der Waals surface area contributed by atoms with Gasteiger partial charge in [-0.05, 0) is 0 Å². The molecule has 0 rings (SSSR count). The third kappa shape index (κ3) is 11.7. The third-order valence-corrected chi connectivity index (χ3v) is 17.3. The Labute approximate surface area is 168 Å². The van der Waals surface area contributed by atoms with Crippen molar-refractivity contribution in [2.24, 2.45) is 0 Å². The van der Waals surface area contributed by atoms with E-state index in [1.165, 1.54) is 89.9 Å². The summed E-state index contributed by atoms with van der Waals surface area (Å²) in [7, 11) is 0. The average molecular weight is 471 g/mol. The van der Waals surface area contributed by atoms with Gasteiger partial charge in [0.05, 0.1) is 0 Å². The van der Waals surface area contributed by atoms with Crippen LogP contribution in [0.15, 0.2) is 0 Å². The molecule has 2 heteroatoms. The fourth-order valence-electron chi connectivity index (χ4n) is 4.05. The molecule has 148 valence electrons. The van der Waals surface area contributed by atoms with Crippen molar-refractivity contribution in [1.82, 2.24) is 0 Å². The van der Waals surface area contributed by atoms with Crippen LogP contribution in [-0.2, 0) is 0 Å². The van der Waals surface area contributed by atoms with Crippen LogP contribution in [0.5, 0.6) is 0 Å². The minimum absolute atomic E-state index is 1.37. The van der Waals surface area contributed by atoms with E-state index in [1.807, 2.05) is 0 Å². The topological polar surface area (TPSA) is 0 Å². The molecule has 24 heavy (non-hydrogen) atoms. The zero-order valence-corrected chi connectivity index (χ0v) is 20.6. The van der Waals surface area contributed by atoms with E-state index in [1.54, 1.807) is 24.6 Å². The van der Waals surface area contributed by atoms with E-state index in [0.717, 1.165) is 0 Å². The fourth-order valence-corrected chi connectivity index (χ4v) is 13.5. The number of halogens is 1. The van der Waals surface area contributed by atoms with Crippen molar-refractivity contribution in [3.05, 3.63) is 0 Å². The standard InChI is InChI=1S/C22H48IP/c1-5-9-13-17-21-24(23,19-15-11-7-3,20-16-12-8-4)22-18-14-10-6-2/h5-22H2,1-4H3. The summed E-state index contributed by atoms with van der Waals surface area (Å²) in [5.74, 6) is 0. The van der Waals surface area contributed by atoms with Gasteiger partial charge in [0.1, 0.15) is 0 Å². The number of unbranched alkanes of at least 4 members (excludes halogenated alkanes) is 10. The van der Waals surface area contributed by atoms with E-state index >= 15 is 0 Å². The molecule has 0 aromatic heterocycles. The molecule has 0 unspecified atom stereocenters. The van der Waals surface area contributed by atoms with Gasteiger partial charge in [0, 0.05) is 0 Å². The summed E-state index contributed by atoms with van der Waals surface area (Å²) in [4.78, 5) is 0. The molecule has 0 aromatic carbocycles. The first-order valence-corrected chi connectivity index (χ1v) is 17.0. The Balaban J connectivity index is 4.90. The first-order valence-electron chi connectivity index (χ1n) is 11.3. The molecule has 0 saturated heterocycles. The second-order valence-corrected chi connectivity index (χ2v) is 21.9. The van der Waals surface area contributed by atoms with E-state index in [2.05, 4.69) is 49.7 Å². The van der Waals surface area contributed by atoms with Gasteiger partial charge in [-0.1, -0.05) is 0 Å². The van der Waals surface area contributed by atoms with Crippen LogP contribution < -0.4 is 0 Å². The van der Waals surface area contributed by atoms with Gasteiger partial charge in [0.2, 0.25) is 0 Å². The first kappa shape index (κ1) is 25.2. The maximum atomic E-state index is 3.12. The first-order chi connectivity index (χ1) is 11.5. The van der Waals surface area contributed by atoms with Gasteiger partial charge >= 0.3 is 169 Å². The second kappa shape index (κ2) is 15.2. The van der Waals surface area contributed by atoms with Crippen molar-refractivity contribution in [3.63, 3.8) is 0 Å². The molecule has 0 spiro atoms. The van der Waals surface area contributed by atoms with E-state index in [0.29, 0.717) is 0 Å². The van der Waals surface area contributed by atoms with Crippen LogP contribution in [-0.4, -0.2) is 24.6 Å². The van der Waals surface area contributed by atoms with Crippen molar-refractivity contribution in [2.75, 3.05) is 24.6 Å². The molecule has 0 heterocycles. The Morgan fingerprint density at radius 3 is 0.958 bits per heavy atom. The van der Waals surface area contributed by atoms with Gasteiger partial charge in [-0.2, -0.15) is 0 Å². The van der Waals surface area contributed by atoms with Crippen LogP contribution in [0.2, 0.25) is 0 Å². The Morgan fingerprint density at radius 1 is 0.417 bits per heavy atom. The number of rotatable bonds is 18. The van der Waals surface area contributed by atoms with Gasteiger partial charge in [-0.3, -0.25) is 0 Å². The Bertz CT molecular complexity index is 251. The molecular formula is C22H48IP. The summed E-state index contributed by atoms with van der Waals surface area (Å²) < 4.78 is -1.49. The van der Waals surface area contributed by atoms with Gasteiger partial charge in [0.15, 0.2) is 0 Å². The Kier molecular flexibility index (Phi) is 16.0. The van der Waals surface area contributed by atoms with Crippen LogP contribution in [0.25, 0.3) is 0 Å². The molecule has 0 fully saturated rings. The third-order valence-electron chi connectivity index (χ3n) is 5.78. The van der Waals surface area contributed by atoms with Crippen LogP contribution in [0, 0.1) is 0 Å². The van der Waals surface area contributed by atoms with E-state index in [-0.39, 0.29) is 0 Å². The maximum absolute atomic E-state index is 3.12. The van der Waals surface area contributed by atoms with Gasteiger partial charge in [-0.25, -0.2) is 0 Å². The quantitative estimate of drug-likeness (QED) is 0.106. The number of hydrogen-bond donors (Lipinski definition) is 0. The van der Waals surface area contributed by atoms with Crippen LogP contribution >= 0.6 is 26.3 Å². The molecule has 0 amide bonds. The molecule has 0 radical (unpaired) electrons. The summed E-state index contributed by atoms with van der Waals surface area (Å²) in [6.07, 6.45) is 26.7. The average Bonchev–Trinajstić information content (AvgIpc) is 2.57. The Morgan fingerprint density at radius 2 is 0.667 bits per heavy atom. The van der Waals surface area contributed by atoms with Crippen molar-refractivity contribution in [2.45, 2.75) is 118 Å². The monoisotopic (exact) mass is 470 g/mol. The van der Waals surface area contributed by atoms with Crippen molar-refractivity contribution in [3.8, 4) is 0 Å². The van der Waals surface area contributed by atoms with Crippen molar-refractivity contribution in [1.29, 1.82) is 0 Å². The molecule has 0 aliphatic rings. The van der Waals surface area contributed by atoms with E-state index in [9.17, 15) is 0 Å². The fraction of sp³-hybridized carbons (Fsp3) is 1.00. The molecule has 0 aromatic rings. The van der Waals surface area contributed by atoms with Gasteiger partial charge in [-0.15, -0.1) is 0 Å². The molecule has 0 saturated carbocycles. The summed E-state index contributed by atoms with van der Waals surface area (Å²) >= 11 is 3.12. The molecule has 0 N–H and O–H groups in total. The van der Waals surface area contributed by atoms with Crippen molar-refractivity contribution >= 4 is 26.3 Å². The second-order valence-electron chi connectivity index (χ2n) is 8.25. The summed E-state index contributed by atoms with van der Waals surface area (Å²) in [5, 5.41) is 0. The predicted molar refractivity (Wildman–Crippen MR) is 128 cm³/mol. The van der Waals surface area contributed by atoms with Crippen LogP contribution in [0.1, 0.15) is 118 Å². The number of hydrogen-bond acceptors (Lipinski definition) is 0. The molecule has 0 aliphatic carbocycles. The molecular weight excluding hydrogens is 422 g/mol. The molecule has 0 nitrogen and oxygen atoms in total. The zero-order chi connectivity index (χ0) is 18.2. The SMILES string of the molecule is CCCCCCP(I)(CCCCC)(CCCCC)CCCCCC. The van der Waals surface area contributed by atoms with E-state index in [4.69, 9.17) is 0 Å². The van der Waals surface area contributed by atoms with Crippen molar-refractivity contribution < 1.29 is 0 Å². The molecule has 0 aliphatic heterocycles. The normalized spacial score (nSPS) is 13.8. The van der Waals surface area contributed by atoms with Gasteiger partial charge < -0.3 is 0 Å². The predicted octanol–water partition coefficient (Wildman–Crippen LogP) is 9.43. The minimum atomic E-state index is -1.49. The molecule has 0 bridgehead atoms. The van der Waals surface area contributed by atoms with Crippen LogP contribution in [0.4, 0.5) is 0 Å².